The van der Waals surface area contributed by atoms with Gasteiger partial charge in [0.1, 0.15) is 5.82 Å². The fraction of sp³-hybridized carbons (Fsp3) is 0.273. The summed E-state index contributed by atoms with van der Waals surface area (Å²) in [5.74, 6) is 2.53. The first-order chi connectivity index (χ1) is 21.2. The number of piperazine rings is 1. The summed E-state index contributed by atoms with van der Waals surface area (Å²) in [5, 5.41) is 13.3. The molecule has 0 atom stereocenters. The first-order valence-electron chi connectivity index (χ1n) is 14.8. The van der Waals surface area contributed by atoms with Gasteiger partial charge in [0.05, 0.1) is 25.2 Å². The Bertz CT molecular complexity index is 1670. The molecule has 5 aromatic rings. The van der Waals surface area contributed by atoms with Gasteiger partial charge in [0, 0.05) is 68.4 Å². The number of ether oxygens (including phenoxy) is 1. The monoisotopic (exact) mass is 574 g/mol. The summed E-state index contributed by atoms with van der Waals surface area (Å²) in [6, 6.07) is 26.2. The van der Waals surface area contributed by atoms with Crippen LogP contribution in [-0.2, 0) is 16.0 Å². The molecule has 5 heterocycles. The molecule has 2 aromatic carbocycles. The van der Waals surface area contributed by atoms with E-state index in [2.05, 4.69) is 53.4 Å². The zero-order valence-corrected chi connectivity index (χ0v) is 24.0. The molecular formula is C33H34N8O2. The van der Waals surface area contributed by atoms with E-state index in [0.717, 1.165) is 97.8 Å². The van der Waals surface area contributed by atoms with E-state index in [4.69, 9.17) is 4.74 Å². The number of fused-ring (bicyclic) bond motifs is 1. The number of morpholine rings is 1. The molecule has 10 heteroatoms. The molecule has 2 aliphatic rings. The molecule has 218 valence electrons. The fourth-order valence-electron chi connectivity index (χ4n) is 5.86. The zero-order valence-electron chi connectivity index (χ0n) is 24.0. The van der Waals surface area contributed by atoms with Crippen molar-refractivity contribution in [3.05, 3.63) is 96.8 Å². The number of nitrogens with one attached hydrogen (secondary N) is 1. The summed E-state index contributed by atoms with van der Waals surface area (Å²) in [6.45, 7) is 6.72. The van der Waals surface area contributed by atoms with Gasteiger partial charge in [-0.2, -0.15) is 0 Å². The highest BCUT2D eigenvalue weighted by Crippen LogP contribution is 2.26. The van der Waals surface area contributed by atoms with Crippen LogP contribution in [0, 0.1) is 0 Å². The Labute approximate surface area is 250 Å². The minimum absolute atomic E-state index is 0.0618. The summed E-state index contributed by atoms with van der Waals surface area (Å²) in [4.78, 5) is 24.4. The average molecular weight is 575 g/mol. The average Bonchev–Trinajstić information content (AvgIpc) is 3.44. The molecule has 43 heavy (non-hydrogen) atoms. The number of hydrogen-bond acceptors (Lipinski definition) is 8. The van der Waals surface area contributed by atoms with E-state index in [1.165, 1.54) is 0 Å². The van der Waals surface area contributed by atoms with Gasteiger partial charge in [0.2, 0.25) is 5.91 Å². The van der Waals surface area contributed by atoms with E-state index >= 15 is 0 Å². The largest absolute Gasteiger partial charge is 0.378 e. The van der Waals surface area contributed by atoms with Crippen molar-refractivity contribution in [3.63, 3.8) is 0 Å². The summed E-state index contributed by atoms with van der Waals surface area (Å²) >= 11 is 0. The summed E-state index contributed by atoms with van der Waals surface area (Å²) in [6.07, 6.45) is 4.09. The van der Waals surface area contributed by atoms with E-state index in [-0.39, 0.29) is 12.3 Å². The lowest BCUT2D eigenvalue weighted by Crippen LogP contribution is -2.47. The number of pyridine rings is 1. The third-order valence-corrected chi connectivity index (χ3v) is 8.13. The second-order valence-corrected chi connectivity index (χ2v) is 10.8. The smallest absolute Gasteiger partial charge is 0.228 e. The molecule has 0 bridgehead atoms. The Hall–Kier alpha value is -4.96. The Morgan fingerprint density at radius 1 is 0.721 bits per heavy atom. The van der Waals surface area contributed by atoms with Crippen LogP contribution in [0.1, 0.15) is 5.56 Å². The van der Waals surface area contributed by atoms with Crippen molar-refractivity contribution in [1.82, 2.24) is 19.7 Å². The number of para-hydroxylation sites is 1. The number of amides is 1. The maximum absolute atomic E-state index is 13.1. The number of hydrogen-bond donors (Lipinski definition) is 1. The normalized spacial score (nSPS) is 15.6. The van der Waals surface area contributed by atoms with Gasteiger partial charge in [0.15, 0.2) is 11.6 Å². The zero-order chi connectivity index (χ0) is 29.0. The van der Waals surface area contributed by atoms with Crippen molar-refractivity contribution in [1.29, 1.82) is 0 Å². The lowest BCUT2D eigenvalue weighted by atomic mass is 10.1. The molecule has 1 amide bonds. The van der Waals surface area contributed by atoms with E-state index < -0.39 is 0 Å². The van der Waals surface area contributed by atoms with Crippen LogP contribution in [0.25, 0.3) is 16.7 Å². The van der Waals surface area contributed by atoms with Crippen LogP contribution in [0.15, 0.2) is 91.3 Å². The maximum Gasteiger partial charge on any atom is 0.228 e. The molecule has 0 radical (unpaired) electrons. The molecule has 7 rings (SSSR count). The van der Waals surface area contributed by atoms with Crippen LogP contribution in [-0.4, -0.2) is 78.1 Å². The van der Waals surface area contributed by atoms with Crippen LogP contribution in [0.4, 0.5) is 23.0 Å². The summed E-state index contributed by atoms with van der Waals surface area (Å²) in [7, 11) is 0. The molecule has 10 nitrogen and oxygen atoms in total. The maximum atomic E-state index is 13.1. The van der Waals surface area contributed by atoms with Crippen LogP contribution in [0.2, 0.25) is 0 Å². The number of anilines is 4. The minimum Gasteiger partial charge on any atom is -0.378 e. The van der Waals surface area contributed by atoms with Gasteiger partial charge in [-0.1, -0.05) is 24.3 Å². The summed E-state index contributed by atoms with van der Waals surface area (Å²) < 4.78 is 7.47. The Morgan fingerprint density at radius 3 is 2.14 bits per heavy atom. The van der Waals surface area contributed by atoms with E-state index in [9.17, 15) is 4.79 Å². The Morgan fingerprint density at radius 2 is 1.42 bits per heavy atom. The molecule has 0 aliphatic carbocycles. The fourth-order valence-corrected chi connectivity index (χ4v) is 5.86. The van der Waals surface area contributed by atoms with Crippen molar-refractivity contribution in [2.24, 2.45) is 0 Å². The Kier molecular flexibility index (Phi) is 7.58. The second kappa shape index (κ2) is 12.1. The number of nitrogens with zero attached hydrogens (tertiary/aromatic N) is 7. The van der Waals surface area contributed by atoms with Gasteiger partial charge < -0.3 is 24.8 Å². The number of carbonyl (C=O) groups is 1. The van der Waals surface area contributed by atoms with Crippen LogP contribution >= 0.6 is 0 Å². The van der Waals surface area contributed by atoms with Gasteiger partial charge in [-0.3, -0.25) is 9.36 Å². The van der Waals surface area contributed by atoms with E-state index in [1.54, 1.807) is 0 Å². The molecule has 0 spiro atoms. The quantitative estimate of drug-likeness (QED) is 0.310. The predicted molar refractivity (Wildman–Crippen MR) is 169 cm³/mol. The van der Waals surface area contributed by atoms with Crippen molar-refractivity contribution in [2.45, 2.75) is 6.42 Å². The van der Waals surface area contributed by atoms with Gasteiger partial charge >= 0.3 is 0 Å². The standard InChI is InChI=1S/C33H34N8O2/c42-33(35-26-8-10-27(11-9-26)38-19-21-43-22-20-38)23-25-24-41(29-6-2-1-5-28(25)29)32-13-12-31(36-37-32)40-17-15-39(16-18-40)30-7-3-4-14-34-30/h1-14,24H,15-23H2,(H,35,42). The predicted octanol–water partition coefficient (Wildman–Crippen LogP) is 4.16. The first kappa shape index (κ1) is 26.9. The van der Waals surface area contributed by atoms with Gasteiger partial charge in [-0.05, 0) is 60.2 Å². The van der Waals surface area contributed by atoms with Crippen LogP contribution in [0.3, 0.4) is 0 Å². The number of aromatic nitrogens is 4. The topological polar surface area (TPSA) is 91.7 Å². The third-order valence-electron chi connectivity index (χ3n) is 8.13. The molecule has 2 fully saturated rings. The molecular weight excluding hydrogens is 540 g/mol. The lowest BCUT2D eigenvalue weighted by molar-refractivity contribution is -0.115. The molecule has 0 unspecified atom stereocenters. The van der Waals surface area contributed by atoms with Gasteiger partial charge in [-0.25, -0.2) is 4.98 Å². The van der Waals surface area contributed by atoms with Crippen LogP contribution in [0.5, 0.6) is 0 Å². The third kappa shape index (κ3) is 5.87. The molecule has 0 saturated carbocycles. The number of rotatable bonds is 7. The van der Waals surface area contributed by atoms with Gasteiger partial charge in [-0.15, -0.1) is 10.2 Å². The highest BCUT2D eigenvalue weighted by atomic mass is 16.5. The van der Waals surface area contributed by atoms with Crippen LogP contribution < -0.4 is 20.0 Å². The second-order valence-electron chi connectivity index (χ2n) is 10.8. The highest BCUT2D eigenvalue weighted by Gasteiger charge is 2.20. The molecule has 2 saturated heterocycles. The van der Waals surface area contributed by atoms with Crippen molar-refractivity contribution < 1.29 is 9.53 Å². The van der Waals surface area contributed by atoms with Crippen molar-refractivity contribution in [3.8, 4) is 5.82 Å². The van der Waals surface area contributed by atoms with E-state index in [0.29, 0.717) is 0 Å². The van der Waals surface area contributed by atoms with Gasteiger partial charge in [0.25, 0.3) is 0 Å². The lowest BCUT2D eigenvalue weighted by Gasteiger charge is -2.35. The van der Waals surface area contributed by atoms with Crippen molar-refractivity contribution in [2.75, 3.05) is 72.5 Å². The SMILES string of the molecule is O=C(Cc1cn(-c2ccc(N3CCN(c4ccccn4)CC3)nn2)c2ccccc12)Nc1ccc(N2CCOCC2)cc1. The molecule has 2 aliphatic heterocycles. The minimum atomic E-state index is -0.0618. The summed E-state index contributed by atoms with van der Waals surface area (Å²) in [5.41, 5.74) is 3.86. The molecule has 3 aromatic heterocycles. The number of carbonyl (C=O) groups excluding carboxylic acids is 1. The Balaban J connectivity index is 1.03. The molecule has 1 N–H and O–H groups in total. The number of benzene rings is 2. The highest BCUT2D eigenvalue weighted by molar-refractivity contribution is 5.96. The first-order valence-corrected chi connectivity index (χ1v) is 14.8. The van der Waals surface area contributed by atoms with E-state index in [1.807, 2.05) is 77.6 Å². The van der Waals surface area contributed by atoms with Crippen molar-refractivity contribution >= 4 is 39.8 Å².